The Bertz CT molecular complexity index is 732. The first-order valence-corrected chi connectivity index (χ1v) is 8.04. The minimum absolute atomic E-state index is 0.202. The largest absolute Gasteiger partial charge is 0.496 e. The van der Waals surface area contributed by atoms with Gasteiger partial charge in [-0.1, -0.05) is 0 Å². The number of carbonyl (C=O) groups is 1. The van der Waals surface area contributed by atoms with Crippen molar-refractivity contribution < 1.29 is 19.4 Å². The minimum atomic E-state index is -0.826. The Labute approximate surface area is 146 Å². The lowest BCUT2D eigenvalue weighted by molar-refractivity contribution is 0.101. The number of fused-ring (bicyclic) bond motifs is 1. The quantitative estimate of drug-likeness (QED) is 0.848. The SMILES string of the molecule is COc1ccc(OC)c2c1CN(C(=O)NCCn1ccnc1)C[C@H]2O. The zero-order chi connectivity index (χ0) is 17.8. The second-order valence-electron chi connectivity index (χ2n) is 5.79. The number of hydrogen-bond donors (Lipinski definition) is 2. The van der Waals surface area contributed by atoms with Gasteiger partial charge >= 0.3 is 6.03 Å². The number of hydrogen-bond acceptors (Lipinski definition) is 5. The predicted octanol–water partition coefficient (Wildman–Crippen LogP) is 1.16. The lowest BCUT2D eigenvalue weighted by Gasteiger charge is -2.34. The Balaban J connectivity index is 1.70. The molecule has 2 amide bonds. The normalized spacial score (nSPS) is 16.3. The molecule has 0 fully saturated rings. The zero-order valence-electron chi connectivity index (χ0n) is 14.3. The van der Waals surface area contributed by atoms with E-state index in [1.165, 1.54) is 0 Å². The summed E-state index contributed by atoms with van der Waals surface area (Å²) in [7, 11) is 3.13. The maximum atomic E-state index is 12.4. The van der Waals surface area contributed by atoms with Crippen LogP contribution in [0.15, 0.2) is 30.9 Å². The highest BCUT2D eigenvalue weighted by molar-refractivity contribution is 5.75. The van der Waals surface area contributed by atoms with Crippen LogP contribution >= 0.6 is 0 Å². The number of nitrogens with one attached hydrogen (secondary N) is 1. The highest BCUT2D eigenvalue weighted by Crippen LogP contribution is 2.39. The van der Waals surface area contributed by atoms with Crippen molar-refractivity contribution in [2.24, 2.45) is 0 Å². The molecular formula is C17H22N4O4. The fourth-order valence-electron chi connectivity index (χ4n) is 3.05. The predicted molar refractivity (Wildman–Crippen MR) is 90.5 cm³/mol. The molecule has 1 atom stereocenters. The number of amides is 2. The Morgan fingerprint density at radius 2 is 2.12 bits per heavy atom. The second-order valence-corrected chi connectivity index (χ2v) is 5.79. The van der Waals surface area contributed by atoms with Crippen LogP contribution in [0.5, 0.6) is 11.5 Å². The Morgan fingerprint density at radius 3 is 2.80 bits per heavy atom. The van der Waals surface area contributed by atoms with Gasteiger partial charge in [-0.2, -0.15) is 0 Å². The van der Waals surface area contributed by atoms with Crippen molar-refractivity contribution >= 4 is 6.03 Å². The van der Waals surface area contributed by atoms with Gasteiger partial charge in [0.05, 0.1) is 33.6 Å². The Morgan fingerprint density at radius 1 is 1.36 bits per heavy atom. The van der Waals surface area contributed by atoms with Crippen molar-refractivity contribution in [1.29, 1.82) is 0 Å². The molecule has 1 aromatic carbocycles. The first kappa shape index (κ1) is 17.1. The molecule has 3 rings (SSSR count). The summed E-state index contributed by atoms with van der Waals surface area (Å²) < 4.78 is 12.6. The van der Waals surface area contributed by atoms with Gasteiger partial charge in [0.25, 0.3) is 0 Å². The molecule has 134 valence electrons. The van der Waals surface area contributed by atoms with Gasteiger partial charge in [-0.05, 0) is 12.1 Å². The summed E-state index contributed by atoms with van der Waals surface area (Å²) in [5.41, 5.74) is 1.45. The topological polar surface area (TPSA) is 88.9 Å². The number of aliphatic hydroxyl groups is 1. The van der Waals surface area contributed by atoms with Crippen molar-refractivity contribution in [3.8, 4) is 11.5 Å². The Kier molecular flexibility index (Phi) is 5.08. The second kappa shape index (κ2) is 7.43. The van der Waals surface area contributed by atoms with Gasteiger partial charge < -0.3 is 29.4 Å². The molecule has 0 saturated heterocycles. The molecule has 0 radical (unpaired) electrons. The number of methoxy groups -OCH3 is 2. The number of benzene rings is 1. The number of aliphatic hydroxyl groups excluding tert-OH is 1. The first-order valence-electron chi connectivity index (χ1n) is 8.04. The van der Waals surface area contributed by atoms with Crippen molar-refractivity contribution in [1.82, 2.24) is 19.8 Å². The summed E-state index contributed by atoms with van der Waals surface area (Å²) in [6.45, 7) is 1.66. The third-order valence-corrected chi connectivity index (χ3v) is 4.28. The molecule has 0 unspecified atom stereocenters. The third kappa shape index (κ3) is 3.53. The summed E-state index contributed by atoms with van der Waals surface area (Å²) in [6.07, 6.45) is 4.40. The summed E-state index contributed by atoms with van der Waals surface area (Å²) in [5.74, 6) is 1.23. The molecule has 8 nitrogen and oxygen atoms in total. The van der Waals surface area contributed by atoms with E-state index in [1.54, 1.807) is 43.8 Å². The van der Waals surface area contributed by atoms with Gasteiger partial charge in [-0.15, -0.1) is 0 Å². The van der Waals surface area contributed by atoms with E-state index in [0.717, 1.165) is 5.56 Å². The van der Waals surface area contributed by atoms with Crippen LogP contribution in [0.2, 0.25) is 0 Å². The van der Waals surface area contributed by atoms with Gasteiger partial charge in [0, 0.05) is 36.6 Å². The number of carbonyl (C=O) groups excluding carboxylic acids is 1. The number of nitrogens with zero attached hydrogens (tertiary/aromatic N) is 3. The number of urea groups is 1. The van der Waals surface area contributed by atoms with Crippen LogP contribution in [-0.2, 0) is 13.1 Å². The van der Waals surface area contributed by atoms with E-state index < -0.39 is 6.10 Å². The van der Waals surface area contributed by atoms with Crippen LogP contribution < -0.4 is 14.8 Å². The molecule has 1 aliphatic heterocycles. The average Bonchev–Trinajstić information content (AvgIpc) is 3.13. The van der Waals surface area contributed by atoms with E-state index in [1.807, 2.05) is 10.8 Å². The number of aromatic nitrogens is 2. The standard InChI is InChI=1S/C17H22N4O4/c1-24-14-3-4-15(25-2)16-12(14)9-21(10-13(16)22)17(23)19-6-8-20-7-5-18-11-20/h3-5,7,11,13,22H,6,8-10H2,1-2H3,(H,19,23)/t13-/m1/s1. The van der Waals surface area contributed by atoms with Gasteiger partial charge in [0.2, 0.25) is 0 Å². The molecule has 1 aliphatic rings. The molecule has 2 aromatic rings. The van der Waals surface area contributed by atoms with Gasteiger partial charge in [-0.3, -0.25) is 0 Å². The zero-order valence-corrected chi connectivity index (χ0v) is 14.3. The number of imidazole rings is 1. The molecule has 25 heavy (non-hydrogen) atoms. The lowest BCUT2D eigenvalue weighted by atomic mass is 9.95. The van der Waals surface area contributed by atoms with Crippen molar-refractivity contribution in [2.75, 3.05) is 27.3 Å². The number of β-amino-alcohol motifs (C(OH)–C–C–N with tert-alkyl or cyclic N) is 1. The summed E-state index contributed by atoms with van der Waals surface area (Å²) in [5, 5.41) is 13.4. The van der Waals surface area contributed by atoms with Gasteiger partial charge in [-0.25, -0.2) is 9.78 Å². The summed E-state index contributed by atoms with van der Waals surface area (Å²) in [4.78, 5) is 18.0. The molecule has 0 saturated carbocycles. The van der Waals surface area contributed by atoms with Crippen LogP contribution in [0, 0.1) is 0 Å². The maximum absolute atomic E-state index is 12.4. The van der Waals surface area contributed by atoms with Crippen LogP contribution in [-0.4, -0.2) is 52.9 Å². The van der Waals surface area contributed by atoms with E-state index in [2.05, 4.69) is 10.3 Å². The molecule has 1 aromatic heterocycles. The number of ether oxygens (including phenoxy) is 2. The van der Waals surface area contributed by atoms with Crippen LogP contribution in [0.4, 0.5) is 4.79 Å². The molecular weight excluding hydrogens is 324 g/mol. The van der Waals surface area contributed by atoms with E-state index in [-0.39, 0.29) is 12.6 Å². The fraction of sp³-hybridized carbons (Fsp3) is 0.412. The molecule has 0 bridgehead atoms. The minimum Gasteiger partial charge on any atom is -0.496 e. The third-order valence-electron chi connectivity index (χ3n) is 4.28. The lowest BCUT2D eigenvalue weighted by Crippen LogP contribution is -2.45. The van der Waals surface area contributed by atoms with Crippen LogP contribution in [0.1, 0.15) is 17.2 Å². The van der Waals surface area contributed by atoms with Crippen LogP contribution in [0.3, 0.4) is 0 Å². The first-order chi connectivity index (χ1) is 12.1. The van der Waals surface area contributed by atoms with Crippen molar-refractivity contribution in [3.63, 3.8) is 0 Å². The Hall–Kier alpha value is -2.74. The van der Waals surface area contributed by atoms with E-state index in [9.17, 15) is 9.90 Å². The number of rotatable bonds is 5. The van der Waals surface area contributed by atoms with Crippen LogP contribution in [0.25, 0.3) is 0 Å². The summed E-state index contributed by atoms with van der Waals surface area (Å²) >= 11 is 0. The molecule has 8 heteroatoms. The molecule has 0 aliphatic carbocycles. The highest BCUT2D eigenvalue weighted by Gasteiger charge is 2.31. The highest BCUT2D eigenvalue weighted by atomic mass is 16.5. The maximum Gasteiger partial charge on any atom is 0.317 e. The van der Waals surface area contributed by atoms with E-state index in [0.29, 0.717) is 36.7 Å². The van der Waals surface area contributed by atoms with Crippen molar-refractivity contribution in [2.45, 2.75) is 19.2 Å². The van der Waals surface area contributed by atoms with Gasteiger partial charge in [0.15, 0.2) is 0 Å². The summed E-state index contributed by atoms with van der Waals surface area (Å²) in [6, 6.07) is 3.32. The molecule has 0 spiro atoms. The molecule has 2 heterocycles. The average molecular weight is 346 g/mol. The molecule has 2 N–H and O–H groups in total. The van der Waals surface area contributed by atoms with Gasteiger partial charge in [0.1, 0.15) is 17.6 Å². The van der Waals surface area contributed by atoms with E-state index >= 15 is 0 Å². The van der Waals surface area contributed by atoms with E-state index in [4.69, 9.17) is 9.47 Å². The smallest absolute Gasteiger partial charge is 0.317 e. The monoisotopic (exact) mass is 346 g/mol. The van der Waals surface area contributed by atoms with Crippen molar-refractivity contribution in [3.05, 3.63) is 42.0 Å². The fourth-order valence-corrected chi connectivity index (χ4v) is 3.05.